The third kappa shape index (κ3) is 7.45. The second-order valence-corrected chi connectivity index (χ2v) is 7.65. The van der Waals surface area contributed by atoms with E-state index in [-0.39, 0.29) is 18.6 Å². The number of hydrogen-bond acceptors (Lipinski definition) is 4. The van der Waals surface area contributed by atoms with E-state index >= 15 is 0 Å². The SMILES string of the molecule is CN=C(NCC(=O)OC(C)(C)C)NC(C)Cc1ccc(C)s1. The van der Waals surface area contributed by atoms with Crippen LogP contribution in [0.2, 0.25) is 0 Å². The van der Waals surface area contributed by atoms with Crippen LogP contribution in [-0.4, -0.2) is 37.2 Å². The summed E-state index contributed by atoms with van der Waals surface area (Å²) < 4.78 is 5.25. The summed E-state index contributed by atoms with van der Waals surface area (Å²) in [6, 6.07) is 4.50. The number of hydrogen-bond donors (Lipinski definition) is 2. The van der Waals surface area contributed by atoms with Gasteiger partial charge in [0, 0.05) is 29.3 Å². The summed E-state index contributed by atoms with van der Waals surface area (Å²) in [4.78, 5) is 18.5. The minimum Gasteiger partial charge on any atom is -0.459 e. The fraction of sp³-hybridized carbons (Fsp3) is 0.625. The highest BCUT2D eigenvalue weighted by Crippen LogP contribution is 2.16. The normalized spacial score (nSPS) is 13.6. The summed E-state index contributed by atoms with van der Waals surface area (Å²) in [7, 11) is 1.69. The average molecular weight is 325 g/mol. The van der Waals surface area contributed by atoms with Crippen molar-refractivity contribution in [1.29, 1.82) is 0 Å². The van der Waals surface area contributed by atoms with Gasteiger partial charge in [-0.05, 0) is 46.8 Å². The Morgan fingerprint density at radius 1 is 1.41 bits per heavy atom. The third-order valence-electron chi connectivity index (χ3n) is 2.73. The molecule has 6 heteroatoms. The van der Waals surface area contributed by atoms with Crippen LogP contribution < -0.4 is 10.6 Å². The summed E-state index contributed by atoms with van der Waals surface area (Å²) in [6.45, 7) is 9.85. The number of nitrogens with zero attached hydrogens (tertiary/aromatic N) is 1. The van der Waals surface area contributed by atoms with E-state index in [1.54, 1.807) is 18.4 Å². The molecular formula is C16H27N3O2S. The van der Waals surface area contributed by atoms with E-state index in [1.165, 1.54) is 9.75 Å². The van der Waals surface area contributed by atoms with E-state index in [9.17, 15) is 4.79 Å². The molecule has 1 rings (SSSR count). The molecule has 0 aliphatic heterocycles. The summed E-state index contributed by atoms with van der Waals surface area (Å²) in [5, 5.41) is 6.26. The average Bonchev–Trinajstić information content (AvgIpc) is 2.77. The number of aliphatic imine (C=N–C) groups is 1. The third-order valence-corrected chi connectivity index (χ3v) is 3.75. The zero-order chi connectivity index (χ0) is 16.8. The lowest BCUT2D eigenvalue weighted by molar-refractivity contribution is -0.153. The zero-order valence-electron chi connectivity index (χ0n) is 14.3. The van der Waals surface area contributed by atoms with E-state index in [0.717, 1.165) is 6.42 Å². The number of aryl methyl sites for hydroxylation is 1. The molecule has 1 heterocycles. The fourth-order valence-electron chi connectivity index (χ4n) is 1.91. The van der Waals surface area contributed by atoms with Crippen molar-refractivity contribution in [2.24, 2.45) is 4.99 Å². The van der Waals surface area contributed by atoms with E-state index in [1.807, 2.05) is 20.8 Å². The van der Waals surface area contributed by atoms with Gasteiger partial charge < -0.3 is 15.4 Å². The number of thiophene rings is 1. The Kier molecular flexibility index (Phi) is 6.87. The van der Waals surface area contributed by atoms with Crippen LogP contribution in [0.5, 0.6) is 0 Å². The molecule has 0 saturated heterocycles. The molecule has 0 radical (unpaired) electrons. The van der Waals surface area contributed by atoms with Gasteiger partial charge in [-0.1, -0.05) is 0 Å². The van der Waals surface area contributed by atoms with Crippen LogP contribution in [0, 0.1) is 6.92 Å². The number of ether oxygens (including phenoxy) is 1. The molecule has 1 unspecified atom stereocenters. The van der Waals surface area contributed by atoms with Crippen LogP contribution in [0.3, 0.4) is 0 Å². The van der Waals surface area contributed by atoms with Crippen LogP contribution in [0.25, 0.3) is 0 Å². The second kappa shape index (κ2) is 8.17. The van der Waals surface area contributed by atoms with Crippen LogP contribution in [-0.2, 0) is 16.0 Å². The van der Waals surface area contributed by atoms with Gasteiger partial charge in [-0.25, -0.2) is 0 Å². The predicted molar refractivity (Wildman–Crippen MR) is 92.6 cm³/mol. The Bertz CT molecular complexity index is 518. The van der Waals surface area contributed by atoms with Crippen molar-refractivity contribution < 1.29 is 9.53 Å². The molecule has 0 fully saturated rings. The summed E-state index contributed by atoms with van der Waals surface area (Å²) in [5.41, 5.74) is -0.472. The Morgan fingerprint density at radius 3 is 2.59 bits per heavy atom. The first-order chi connectivity index (χ1) is 10.2. The standard InChI is InChI=1S/C16H27N3O2S/c1-11(9-13-8-7-12(2)22-13)19-15(17-6)18-10-14(20)21-16(3,4)5/h7-8,11H,9-10H2,1-6H3,(H2,17,18,19). The monoisotopic (exact) mass is 325 g/mol. The van der Waals surface area contributed by atoms with Crippen LogP contribution in [0.1, 0.15) is 37.4 Å². The molecule has 1 atom stereocenters. The Balaban J connectivity index is 2.40. The first-order valence-corrected chi connectivity index (χ1v) is 8.25. The van der Waals surface area contributed by atoms with E-state index in [2.05, 4.69) is 41.6 Å². The minimum atomic E-state index is -0.472. The van der Waals surface area contributed by atoms with Crippen molar-refractivity contribution in [1.82, 2.24) is 10.6 Å². The molecule has 1 aromatic rings. The number of rotatable bonds is 5. The lowest BCUT2D eigenvalue weighted by Crippen LogP contribution is -2.45. The van der Waals surface area contributed by atoms with Crippen LogP contribution >= 0.6 is 11.3 Å². The van der Waals surface area contributed by atoms with Gasteiger partial charge in [-0.2, -0.15) is 0 Å². The summed E-state index contributed by atoms with van der Waals surface area (Å²) in [6.07, 6.45) is 0.922. The van der Waals surface area contributed by atoms with Gasteiger partial charge in [0.2, 0.25) is 0 Å². The van der Waals surface area contributed by atoms with Gasteiger partial charge in [-0.15, -0.1) is 11.3 Å². The summed E-state index contributed by atoms with van der Waals surface area (Å²) >= 11 is 1.80. The van der Waals surface area contributed by atoms with Gasteiger partial charge in [-0.3, -0.25) is 9.79 Å². The maximum absolute atomic E-state index is 11.7. The smallest absolute Gasteiger partial charge is 0.325 e. The maximum Gasteiger partial charge on any atom is 0.325 e. The van der Waals surface area contributed by atoms with Crippen LogP contribution in [0.4, 0.5) is 0 Å². The second-order valence-electron chi connectivity index (χ2n) is 6.27. The van der Waals surface area contributed by atoms with E-state index in [0.29, 0.717) is 5.96 Å². The molecule has 0 aromatic carbocycles. The lowest BCUT2D eigenvalue weighted by Gasteiger charge is -2.21. The molecule has 0 spiro atoms. The number of guanidine groups is 1. The molecular weight excluding hydrogens is 298 g/mol. The molecule has 0 aliphatic carbocycles. The number of carbonyl (C=O) groups is 1. The number of carbonyl (C=O) groups excluding carboxylic acids is 1. The van der Waals surface area contributed by atoms with Gasteiger partial charge in [0.1, 0.15) is 12.1 Å². The first kappa shape index (κ1) is 18.5. The quantitative estimate of drug-likeness (QED) is 0.496. The lowest BCUT2D eigenvalue weighted by atomic mass is 10.2. The number of esters is 1. The van der Waals surface area contributed by atoms with Gasteiger partial charge in [0.25, 0.3) is 0 Å². The zero-order valence-corrected chi connectivity index (χ0v) is 15.1. The minimum absolute atomic E-state index is 0.0990. The Labute approximate surface area is 137 Å². The largest absolute Gasteiger partial charge is 0.459 e. The van der Waals surface area contributed by atoms with E-state index in [4.69, 9.17) is 4.74 Å². The van der Waals surface area contributed by atoms with Gasteiger partial charge >= 0.3 is 5.97 Å². The highest BCUT2D eigenvalue weighted by molar-refractivity contribution is 7.11. The molecule has 0 bridgehead atoms. The Hall–Kier alpha value is -1.56. The molecule has 1 aromatic heterocycles. The van der Waals surface area contributed by atoms with Crippen LogP contribution in [0.15, 0.2) is 17.1 Å². The van der Waals surface area contributed by atoms with Crippen molar-refractivity contribution in [2.75, 3.05) is 13.6 Å². The van der Waals surface area contributed by atoms with Gasteiger partial charge in [0.15, 0.2) is 5.96 Å². The topological polar surface area (TPSA) is 62.7 Å². The molecule has 0 amide bonds. The fourth-order valence-corrected chi connectivity index (χ4v) is 2.93. The molecule has 0 aliphatic rings. The summed E-state index contributed by atoms with van der Waals surface area (Å²) in [5.74, 6) is 0.309. The maximum atomic E-state index is 11.7. The van der Waals surface area contributed by atoms with E-state index < -0.39 is 5.60 Å². The highest BCUT2D eigenvalue weighted by Gasteiger charge is 2.16. The van der Waals surface area contributed by atoms with Crippen molar-refractivity contribution in [2.45, 2.75) is 52.7 Å². The molecule has 22 heavy (non-hydrogen) atoms. The molecule has 124 valence electrons. The molecule has 0 saturated carbocycles. The van der Waals surface area contributed by atoms with Crippen molar-refractivity contribution >= 4 is 23.3 Å². The molecule has 2 N–H and O–H groups in total. The van der Waals surface area contributed by atoms with Crippen molar-refractivity contribution in [3.63, 3.8) is 0 Å². The predicted octanol–water partition coefficient (Wildman–Crippen LogP) is 2.49. The highest BCUT2D eigenvalue weighted by atomic mass is 32.1. The van der Waals surface area contributed by atoms with Crippen molar-refractivity contribution in [3.05, 3.63) is 21.9 Å². The number of nitrogens with one attached hydrogen (secondary N) is 2. The molecule has 5 nitrogen and oxygen atoms in total. The first-order valence-electron chi connectivity index (χ1n) is 7.44. The van der Waals surface area contributed by atoms with Gasteiger partial charge in [0.05, 0.1) is 0 Å². The van der Waals surface area contributed by atoms with Crippen molar-refractivity contribution in [3.8, 4) is 0 Å². The Morgan fingerprint density at radius 2 is 2.09 bits per heavy atom.